The molecule has 0 aliphatic heterocycles. The molecule has 0 bridgehead atoms. The van der Waals surface area contributed by atoms with Crippen molar-refractivity contribution in [2.24, 2.45) is 5.73 Å². The summed E-state index contributed by atoms with van der Waals surface area (Å²) in [5, 5.41) is 0.685. The van der Waals surface area contributed by atoms with Crippen LogP contribution >= 0.6 is 11.6 Å². The highest BCUT2D eigenvalue weighted by atomic mass is 35.5. The molecule has 3 heteroatoms. The Kier molecular flexibility index (Phi) is 4.69. The molecule has 2 aromatic rings. The molecule has 2 rings (SSSR count). The molecular weight excluding hydrogens is 270 g/mol. The van der Waals surface area contributed by atoms with Crippen LogP contribution < -0.4 is 10.5 Å². The fourth-order valence-electron chi connectivity index (χ4n) is 2.25. The summed E-state index contributed by atoms with van der Waals surface area (Å²) in [4.78, 5) is 0. The van der Waals surface area contributed by atoms with E-state index in [-0.39, 0.29) is 6.10 Å². The molecule has 1 atom stereocenters. The molecule has 2 aromatic carbocycles. The number of nitrogens with two attached hydrogens (primary N) is 1. The van der Waals surface area contributed by atoms with Gasteiger partial charge in [-0.05, 0) is 49.6 Å². The molecule has 0 aliphatic carbocycles. The van der Waals surface area contributed by atoms with E-state index in [0.29, 0.717) is 11.6 Å². The summed E-state index contributed by atoms with van der Waals surface area (Å²) in [5.41, 5.74) is 10.3. The fourth-order valence-corrected chi connectivity index (χ4v) is 2.51. The van der Waals surface area contributed by atoms with Crippen LogP contribution in [0.5, 0.6) is 5.75 Å². The van der Waals surface area contributed by atoms with Gasteiger partial charge in [0.05, 0.1) is 0 Å². The molecule has 2 nitrogen and oxygen atoms in total. The van der Waals surface area contributed by atoms with Gasteiger partial charge in [-0.25, -0.2) is 0 Å². The van der Waals surface area contributed by atoms with Crippen LogP contribution in [0.3, 0.4) is 0 Å². The zero-order chi connectivity index (χ0) is 14.7. The zero-order valence-corrected chi connectivity index (χ0v) is 12.9. The van der Waals surface area contributed by atoms with E-state index in [1.54, 1.807) is 0 Å². The van der Waals surface area contributed by atoms with Gasteiger partial charge in [-0.1, -0.05) is 35.9 Å². The first-order valence-corrected chi connectivity index (χ1v) is 7.09. The second-order valence-electron chi connectivity index (χ2n) is 5.07. The SMILES string of the molecule is Cc1cc(C)c(C)c(OC(CN)c2ccccc2Cl)c1. The van der Waals surface area contributed by atoms with Gasteiger partial charge in [0.2, 0.25) is 0 Å². The summed E-state index contributed by atoms with van der Waals surface area (Å²) in [6.45, 7) is 6.59. The van der Waals surface area contributed by atoms with Crippen molar-refractivity contribution in [1.29, 1.82) is 0 Å². The summed E-state index contributed by atoms with van der Waals surface area (Å²) in [7, 11) is 0. The summed E-state index contributed by atoms with van der Waals surface area (Å²) < 4.78 is 6.11. The number of aryl methyl sites for hydroxylation is 2. The maximum Gasteiger partial charge on any atom is 0.137 e. The lowest BCUT2D eigenvalue weighted by atomic mass is 10.0. The highest BCUT2D eigenvalue weighted by molar-refractivity contribution is 6.31. The number of benzene rings is 2. The molecule has 0 saturated carbocycles. The molecule has 0 spiro atoms. The van der Waals surface area contributed by atoms with E-state index in [1.165, 1.54) is 11.1 Å². The average molecular weight is 290 g/mol. The Morgan fingerprint density at radius 1 is 1.15 bits per heavy atom. The Balaban J connectivity index is 2.34. The third-order valence-corrected chi connectivity index (χ3v) is 3.84. The van der Waals surface area contributed by atoms with Gasteiger partial charge in [0.15, 0.2) is 0 Å². The lowest BCUT2D eigenvalue weighted by molar-refractivity contribution is 0.212. The Bertz CT molecular complexity index is 610. The van der Waals surface area contributed by atoms with Gasteiger partial charge < -0.3 is 10.5 Å². The molecule has 2 N–H and O–H groups in total. The van der Waals surface area contributed by atoms with Crippen LogP contribution in [-0.4, -0.2) is 6.54 Å². The highest BCUT2D eigenvalue weighted by Gasteiger charge is 2.16. The largest absolute Gasteiger partial charge is 0.484 e. The van der Waals surface area contributed by atoms with Crippen molar-refractivity contribution in [2.75, 3.05) is 6.54 Å². The molecule has 20 heavy (non-hydrogen) atoms. The normalized spacial score (nSPS) is 12.2. The lowest BCUT2D eigenvalue weighted by Crippen LogP contribution is -2.19. The van der Waals surface area contributed by atoms with E-state index in [0.717, 1.165) is 16.9 Å². The lowest BCUT2D eigenvalue weighted by Gasteiger charge is -2.21. The van der Waals surface area contributed by atoms with E-state index in [9.17, 15) is 0 Å². The molecule has 0 amide bonds. The van der Waals surface area contributed by atoms with Crippen LogP contribution in [0.25, 0.3) is 0 Å². The van der Waals surface area contributed by atoms with Gasteiger partial charge in [-0.3, -0.25) is 0 Å². The van der Waals surface area contributed by atoms with Gasteiger partial charge in [-0.2, -0.15) is 0 Å². The molecule has 0 radical (unpaired) electrons. The maximum absolute atomic E-state index is 6.23. The monoisotopic (exact) mass is 289 g/mol. The van der Waals surface area contributed by atoms with Crippen LogP contribution in [-0.2, 0) is 0 Å². The Hall–Kier alpha value is -1.51. The van der Waals surface area contributed by atoms with Crippen molar-refractivity contribution in [1.82, 2.24) is 0 Å². The topological polar surface area (TPSA) is 35.2 Å². The standard InChI is InChI=1S/C17H20ClNO/c1-11-8-12(2)13(3)16(9-11)20-17(10-19)14-6-4-5-7-15(14)18/h4-9,17H,10,19H2,1-3H3. The van der Waals surface area contributed by atoms with Crippen LogP contribution in [0.1, 0.15) is 28.4 Å². The molecule has 0 fully saturated rings. The fraction of sp³-hybridized carbons (Fsp3) is 0.294. The minimum atomic E-state index is -0.233. The Morgan fingerprint density at radius 2 is 1.85 bits per heavy atom. The second kappa shape index (κ2) is 6.29. The predicted octanol–water partition coefficient (Wildman–Crippen LogP) is 4.34. The van der Waals surface area contributed by atoms with Gasteiger partial charge in [0.1, 0.15) is 11.9 Å². The van der Waals surface area contributed by atoms with E-state index < -0.39 is 0 Å². The third-order valence-electron chi connectivity index (χ3n) is 3.50. The maximum atomic E-state index is 6.23. The molecular formula is C17H20ClNO. The Labute approximate surface area is 125 Å². The number of rotatable bonds is 4. The summed E-state index contributed by atoms with van der Waals surface area (Å²) in [5.74, 6) is 0.873. The first-order valence-electron chi connectivity index (χ1n) is 6.72. The molecule has 1 unspecified atom stereocenters. The van der Waals surface area contributed by atoms with Crippen molar-refractivity contribution in [3.05, 3.63) is 63.7 Å². The molecule has 0 aromatic heterocycles. The smallest absolute Gasteiger partial charge is 0.137 e. The van der Waals surface area contributed by atoms with Crippen LogP contribution in [0.4, 0.5) is 0 Å². The zero-order valence-electron chi connectivity index (χ0n) is 12.1. The van der Waals surface area contributed by atoms with E-state index in [1.807, 2.05) is 30.3 Å². The Morgan fingerprint density at radius 3 is 2.50 bits per heavy atom. The minimum Gasteiger partial charge on any atom is -0.484 e. The molecule has 0 heterocycles. The van der Waals surface area contributed by atoms with E-state index >= 15 is 0 Å². The quantitative estimate of drug-likeness (QED) is 0.908. The third kappa shape index (κ3) is 3.14. The second-order valence-corrected chi connectivity index (χ2v) is 5.48. The van der Waals surface area contributed by atoms with Gasteiger partial charge in [0, 0.05) is 17.1 Å². The minimum absolute atomic E-state index is 0.233. The first kappa shape index (κ1) is 14.9. The highest BCUT2D eigenvalue weighted by Crippen LogP contribution is 2.30. The molecule has 0 saturated heterocycles. The van der Waals surface area contributed by atoms with Gasteiger partial charge >= 0.3 is 0 Å². The predicted molar refractivity (Wildman–Crippen MR) is 84.5 cm³/mol. The average Bonchev–Trinajstić information content (AvgIpc) is 2.42. The van der Waals surface area contributed by atoms with Gasteiger partial charge in [0.25, 0.3) is 0 Å². The van der Waals surface area contributed by atoms with E-state index in [4.69, 9.17) is 22.1 Å². The first-order chi connectivity index (χ1) is 9.52. The van der Waals surface area contributed by atoms with Crippen molar-refractivity contribution in [2.45, 2.75) is 26.9 Å². The van der Waals surface area contributed by atoms with Crippen molar-refractivity contribution in [3.8, 4) is 5.75 Å². The number of halogens is 1. The van der Waals surface area contributed by atoms with E-state index in [2.05, 4.69) is 26.8 Å². The van der Waals surface area contributed by atoms with Crippen molar-refractivity contribution >= 4 is 11.6 Å². The van der Waals surface area contributed by atoms with Gasteiger partial charge in [-0.15, -0.1) is 0 Å². The van der Waals surface area contributed by atoms with Crippen LogP contribution in [0.2, 0.25) is 5.02 Å². The summed E-state index contributed by atoms with van der Waals surface area (Å²) in [6, 6.07) is 11.9. The molecule has 106 valence electrons. The number of hydrogen-bond donors (Lipinski definition) is 1. The van der Waals surface area contributed by atoms with Crippen molar-refractivity contribution in [3.63, 3.8) is 0 Å². The van der Waals surface area contributed by atoms with Crippen molar-refractivity contribution < 1.29 is 4.74 Å². The van der Waals surface area contributed by atoms with Crippen LogP contribution in [0, 0.1) is 20.8 Å². The van der Waals surface area contributed by atoms with Crippen LogP contribution in [0.15, 0.2) is 36.4 Å². The number of hydrogen-bond acceptors (Lipinski definition) is 2. The molecule has 0 aliphatic rings. The summed E-state index contributed by atoms with van der Waals surface area (Å²) in [6.07, 6.45) is -0.233. The summed E-state index contributed by atoms with van der Waals surface area (Å²) >= 11 is 6.23. The number of ether oxygens (including phenoxy) is 1.